The third kappa shape index (κ3) is 5.06. The van der Waals surface area contributed by atoms with Crippen LogP contribution in [0.5, 0.6) is 5.75 Å². The maximum absolute atomic E-state index is 13.3. The lowest BCUT2D eigenvalue weighted by molar-refractivity contribution is -0.140. The number of ether oxygens (including phenoxy) is 1. The van der Waals surface area contributed by atoms with E-state index in [4.69, 9.17) is 4.74 Å². The summed E-state index contributed by atoms with van der Waals surface area (Å²) in [6.07, 6.45) is 3.33. The molecule has 0 radical (unpaired) electrons. The van der Waals surface area contributed by atoms with E-state index in [0.29, 0.717) is 17.9 Å². The van der Waals surface area contributed by atoms with Crippen molar-refractivity contribution < 1.29 is 19.4 Å². The number of carbonyl (C=O) groups excluding carboxylic acids is 2. The second kappa shape index (κ2) is 10.7. The van der Waals surface area contributed by atoms with Gasteiger partial charge in [-0.25, -0.2) is 0 Å². The molecular formula is C32H28N2O4. The van der Waals surface area contributed by atoms with Crippen molar-refractivity contribution in [3.05, 3.63) is 136 Å². The van der Waals surface area contributed by atoms with E-state index in [1.165, 1.54) is 4.90 Å². The van der Waals surface area contributed by atoms with E-state index in [1.807, 2.05) is 74.5 Å². The van der Waals surface area contributed by atoms with Gasteiger partial charge in [-0.05, 0) is 60.4 Å². The van der Waals surface area contributed by atoms with Crippen molar-refractivity contribution in [2.24, 2.45) is 0 Å². The van der Waals surface area contributed by atoms with Gasteiger partial charge in [-0.2, -0.15) is 0 Å². The summed E-state index contributed by atoms with van der Waals surface area (Å²) in [5.74, 6) is -0.891. The van der Waals surface area contributed by atoms with Crippen LogP contribution in [-0.4, -0.2) is 26.7 Å². The lowest BCUT2D eigenvalue weighted by Gasteiger charge is -2.25. The van der Waals surface area contributed by atoms with Crippen LogP contribution in [-0.2, 0) is 22.7 Å². The van der Waals surface area contributed by atoms with Gasteiger partial charge in [0.15, 0.2) is 0 Å². The van der Waals surface area contributed by atoms with Crippen molar-refractivity contribution in [1.29, 1.82) is 0 Å². The molecule has 3 aromatic carbocycles. The number of carbonyl (C=O) groups is 2. The highest BCUT2D eigenvalue weighted by atomic mass is 16.5. The molecule has 1 N–H and O–H groups in total. The number of aliphatic hydroxyl groups excluding tert-OH is 1. The lowest BCUT2D eigenvalue weighted by atomic mass is 9.94. The molecule has 5 rings (SSSR count). The molecule has 1 amide bonds. The van der Waals surface area contributed by atoms with Gasteiger partial charge in [-0.1, -0.05) is 66.2 Å². The smallest absolute Gasteiger partial charge is 0.295 e. The summed E-state index contributed by atoms with van der Waals surface area (Å²) < 4.78 is 5.97. The van der Waals surface area contributed by atoms with Crippen LogP contribution >= 0.6 is 0 Å². The molecule has 1 aliphatic heterocycles. The Bertz CT molecular complexity index is 1500. The van der Waals surface area contributed by atoms with Gasteiger partial charge < -0.3 is 14.7 Å². The SMILES string of the molecule is Cc1ccc(C2/C(=C(\O)c3ccc(OCc4ccccc4)c(C)c3)C(=O)C(=O)N2Cc2cccnc2)cc1. The van der Waals surface area contributed by atoms with Crippen LogP contribution in [0.4, 0.5) is 0 Å². The molecule has 1 saturated heterocycles. The van der Waals surface area contributed by atoms with Crippen LogP contribution in [0.1, 0.15) is 39.4 Å². The monoisotopic (exact) mass is 504 g/mol. The first-order chi connectivity index (χ1) is 18.4. The average Bonchev–Trinajstić information content (AvgIpc) is 3.18. The number of benzene rings is 3. The number of rotatable bonds is 7. The molecular weight excluding hydrogens is 476 g/mol. The average molecular weight is 505 g/mol. The minimum Gasteiger partial charge on any atom is -0.507 e. The van der Waals surface area contributed by atoms with E-state index >= 15 is 0 Å². The molecule has 1 atom stereocenters. The number of likely N-dealkylation sites (tertiary alicyclic amines) is 1. The van der Waals surface area contributed by atoms with Gasteiger partial charge in [0.1, 0.15) is 18.1 Å². The molecule has 6 heteroatoms. The second-order valence-electron chi connectivity index (χ2n) is 9.45. The Hall–Kier alpha value is -4.71. The number of hydrogen-bond acceptors (Lipinski definition) is 5. The number of amides is 1. The van der Waals surface area contributed by atoms with E-state index in [9.17, 15) is 14.7 Å². The summed E-state index contributed by atoms with van der Waals surface area (Å²) in [6.45, 7) is 4.47. The zero-order valence-corrected chi connectivity index (χ0v) is 21.3. The highest BCUT2D eigenvalue weighted by Gasteiger charge is 2.46. The molecule has 0 saturated carbocycles. The number of Topliss-reactive ketones (excluding diaryl/α,β-unsaturated/α-hetero) is 1. The highest BCUT2D eigenvalue weighted by molar-refractivity contribution is 6.46. The van der Waals surface area contributed by atoms with Crippen molar-refractivity contribution in [2.75, 3.05) is 0 Å². The largest absolute Gasteiger partial charge is 0.507 e. The van der Waals surface area contributed by atoms with Gasteiger partial charge in [-0.3, -0.25) is 14.6 Å². The fraction of sp³-hybridized carbons (Fsp3) is 0.156. The molecule has 2 heterocycles. The highest BCUT2D eigenvalue weighted by Crippen LogP contribution is 2.40. The molecule has 1 aliphatic rings. The summed E-state index contributed by atoms with van der Waals surface area (Å²) in [5, 5.41) is 11.4. The summed E-state index contributed by atoms with van der Waals surface area (Å²) in [4.78, 5) is 32.2. The first-order valence-corrected chi connectivity index (χ1v) is 12.4. The molecule has 4 aromatic rings. The Morgan fingerprint density at radius 2 is 1.66 bits per heavy atom. The minimum absolute atomic E-state index is 0.0695. The van der Waals surface area contributed by atoms with Crippen molar-refractivity contribution in [2.45, 2.75) is 33.0 Å². The Balaban J connectivity index is 1.51. The lowest BCUT2D eigenvalue weighted by Crippen LogP contribution is -2.29. The number of aliphatic hydroxyl groups is 1. The Kier molecular flexibility index (Phi) is 7.05. The van der Waals surface area contributed by atoms with Crippen LogP contribution in [0.15, 0.2) is 103 Å². The number of nitrogens with zero attached hydrogens (tertiary/aromatic N) is 2. The van der Waals surface area contributed by atoms with E-state index in [0.717, 1.165) is 27.8 Å². The normalized spacial score (nSPS) is 16.6. The summed E-state index contributed by atoms with van der Waals surface area (Å²) in [5.41, 5.74) is 4.97. The molecule has 6 nitrogen and oxygen atoms in total. The van der Waals surface area contributed by atoms with E-state index in [1.54, 1.807) is 36.7 Å². The standard InChI is InChI=1S/C32H28N2O4/c1-21-10-12-25(13-11-21)29-28(31(36)32(37)34(29)19-24-9-6-16-33-18-24)30(35)26-14-15-27(22(2)17-26)38-20-23-7-4-3-5-8-23/h3-18,29,35H,19-20H2,1-2H3/b30-28+. The first kappa shape index (κ1) is 25.0. The van der Waals surface area contributed by atoms with E-state index in [2.05, 4.69) is 4.98 Å². The van der Waals surface area contributed by atoms with Gasteiger partial charge in [0.2, 0.25) is 0 Å². The van der Waals surface area contributed by atoms with Crippen LogP contribution in [0.3, 0.4) is 0 Å². The number of hydrogen-bond donors (Lipinski definition) is 1. The summed E-state index contributed by atoms with van der Waals surface area (Å²) in [6, 6.07) is 25.7. The maximum atomic E-state index is 13.3. The molecule has 1 fully saturated rings. The van der Waals surface area contributed by atoms with Crippen LogP contribution in [0, 0.1) is 13.8 Å². The molecule has 190 valence electrons. The number of aryl methyl sites for hydroxylation is 2. The fourth-order valence-corrected chi connectivity index (χ4v) is 4.68. The molecule has 0 bridgehead atoms. The first-order valence-electron chi connectivity index (χ1n) is 12.4. The van der Waals surface area contributed by atoms with E-state index < -0.39 is 17.7 Å². The zero-order valence-electron chi connectivity index (χ0n) is 21.3. The molecule has 38 heavy (non-hydrogen) atoms. The van der Waals surface area contributed by atoms with Gasteiger partial charge >= 0.3 is 0 Å². The topological polar surface area (TPSA) is 79.7 Å². The van der Waals surface area contributed by atoms with Crippen molar-refractivity contribution in [3.8, 4) is 5.75 Å². The summed E-state index contributed by atoms with van der Waals surface area (Å²) >= 11 is 0. The molecule has 0 aliphatic carbocycles. The molecule has 0 spiro atoms. The van der Waals surface area contributed by atoms with Gasteiger partial charge in [0.25, 0.3) is 11.7 Å². The molecule has 1 aromatic heterocycles. The number of ketones is 1. The van der Waals surface area contributed by atoms with Crippen molar-refractivity contribution in [1.82, 2.24) is 9.88 Å². The number of pyridine rings is 1. The quantitative estimate of drug-likeness (QED) is 0.193. The van der Waals surface area contributed by atoms with Crippen molar-refractivity contribution in [3.63, 3.8) is 0 Å². The Labute approximate surface area is 221 Å². The van der Waals surface area contributed by atoms with Crippen molar-refractivity contribution >= 4 is 17.4 Å². The number of aromatic nitrogens is 1. The zero-order chi connectivity index (χ0) is 26.6. The van der Waals surface area contributed by atoms with Gasteiger partial charge in [-0.15, -0.1) is 0 Å². The van der Waals surface area contributed by atoms with Crippen LogP contribution in [0.2, 0.25) is 0 Å². The van der Waals surface area contributed by atoms with Crippen LogP contribution < -0.4 is 4.74 Å². The predicted octanol–water partition coefficient (Wildman–Crippen LogP) is 5.90. The Morgan fingerprint density at radius 3 is 2.34 bits per heavy atom. The summed E-state index contributed by atoms with van der Waals surface area (Å²) in [7, 11) is 0. The van der Waals surface area contributed by atoms with Gasteiger partial charge in [0, 0.05) is 24.5 Å². The Morgan fingerprint density at radius 1 is 0.921 bits per heavy atom. The maximum Gasteiger partial charge on any atom is 0.295 e. The fourth-order valence-electron chi connectivity index (χ4n) is 4.68. The third-order valence-electron chi connectivity index (χ3n) is 6.69. The second-order valence-corrected chi connectivity index (χ2v) is 9.45. The predicted molar refractivity (Wildman–Crippen MR) is 145 cm³/mol. The van der Waals surface area contributed by atoms with Gasteiger partial charge in [0.05, 0.1) is 11.6 Å². The minimum atomic E-state index is -0.731. The van der Waals surface area contributed by atoms with E-state index in [-0.39, 0.29) is 17.9 Å². The third-order valence-corrected chi connectivity index (χ3v) is 6.69. The molecule has 1 unspecified atom stereocenters. The van der Waals surface area contributed by atoms with Crippen LogP contribution in [0.25, 0.3) is 5.76 Å².